The summed E-state index contributed by atoms with van der Waals surface area (Å²) in [6.07, 6.45) is 1.70. The van der Waals surface area contributed by atoms with Crippen molar-refractivity contribution in [1.29, 1.82) is 0 Å². The molecule has 0 saturated heterocycles. The number of halogens is 1. The lowest BCUT2D eigenvalue weighted by molar-refractivity contribution is 0.497. The fourth-order valence-electron chi connectivity index (χ4n) is 0.979. The van der Waals surface area contributed by atoms with Gasteiger partial charge in [0, 0.05) is 32.1 Å². The Kier molecular flexibility index (Phi) is 4.55. The van der Waals surface area contributed by atoms with Crippen LogP contribution in [0.3, 0.4) is 0 Å². The van der Waals surface area contributed by atoms with Crippen LogP contribution in [-0.2, 0) is 16.3 Å². The van der Waals surface area contributed by atoms with Crippen LogP contribution in [0.5, 0.6) is 0 Å². The van der Waals surface area contributed by atoms with Crippen LogP contribution in [-0.4, -0.2) is 50.1 Å². The van der Waals surface area contributed by atoms with Crippen molar-refractivity contribution >= 4 is 27.5 Å². The van der Waals surface area contributed by atoms with Crippen molar-refractivity contribution in [3.05, 3.63) is 5.89 Å². The van der Waals surface area contributed by atoms with Crippen molar-refractivity contribution in [3.63, 3.8) is 0 Å². The highest BCUT2D eigenvalue weighted by atomic mass is 35.5. The van der Waals surface area contributed by atoms with Gasteiger partial charge in [-0.05, 0) is 0 Å². The SMILES string of the molecule is CN(CCS(C)(=O)=O)c1nnc(CCCl)o1. The van der Waals surface area contributed by atoms with Gasteiger partial charge in [-0.1, -0.05) is 5.10 Å². The third kappa shape index (κ3) is 4.36. The van der Waals surface area contributed by atoms with Gasteiger partial charge >= 0.3 is 6.01 Å². The van der Waals surface area contributed by atoms with E-state index in [0.717, 1.165) is 0 Å². The standard InChI is InChI=1S/C8H14ClN3O3S/c1-12(5-6-16(2,13)14)8-11-10-7(15-8)3-4-9/h3-6H2,1-2H3. The van der Waals surface area contributed by atoms with Crippen LogP contribution in [0.4, 0.5) is 6.01 Å². The molecule has 0 aliphatic carbocycles. The number of aryl methyl sites for hydroxylation is 1. The smallest absolute Gasteiger partial charge is 0.317 e. The van der Waals surface area contributed by atoms with E-state index in [9.17, 15) is 8.42 Å². The molecule has 6 nitrogen and oxygen atoms in total. The summed E-state index contributed by atoms with van der Waals surface area (Å²) < 4.78 is 27.2. The van der Waals surface area contributed by atoms with E-state index in [1.54, 1.807) is 11.9 Å². The molecule has 0 amide bonds. The Hall–Kier alpha value is -0.820. The lowest BCUT2D eigenvalue weighted by atomic mass is 10.5. The minimum atomic E-state index is -2.98. The summed E-state index contributed by atoms with van der Waals surface area (Å²) in [6, 6.07) is 0.309. The monoisotopic (exact) mass is 267 g/mol. The van der Waals surface area contributed by atoms with Crippen molar-refractivity contribution in [2.75, 3.05) is 36.4 Å². The predicted octanol–water partition coefficient (Wildman–Crippen LogP) is 0.332. The summed E-state index contributed by atoms with van der Waals surface area (Å²) >= 11 is 5.53. The van der Waals surface area contributed by atoms with Crippen LogP contribution in [0.2, 0.25) is 0 Å². The average molecular weight is 268 g/mol. The molecule has 0 saturated carbocycles. The van der Waals surface area contributed by atoms with E-state index >= 15 is 0 Å². The van der Waals surface area contributed by atoms with Gasteiger partial charge in [0.05, 0.1) is 5.75 Å². The average Bonchev–Trinajstić information content (AvgIpc) is 2.62. The maximum atomic E-state index is 11.0. The minimum Gasteiger partial charge on any atom is -0.408 e. The molecule has 1 aromatic heterocycles. The number of hydrogen-bond donors (Lipinski definition) is 0. The highest BCUT2D eigenvalue weighted by Gasteiger charge is 2.12. The zero-order valence-electron chi connectivity index (χ0n) is 9.18. The first kappa shape index (κ1) is 13.2. The number of alkyl halides is 1. The first-order valence-electron chi connectivity index (χ1n) is 4.69. The van der Waals surface area contributed by atoms with E-state index in [1.807, 2.05) is 0 Å². The summed E-state index contributed by atoms with van der Waals surface area (Å²) in [5.41, 5.74) is 0. The second-order valence-electron chi connectivity index (χ2n) is 3.47. The van der Waals surface area contributed by atoms with E-state index in [4.69, 9.17) is 16.0 Å². The van der Waals surface area contributed by atoms with Crippen LogP contribution >= 0.6 is 11.6 Å². The lowest BCUT2D eigenvalue weighted by Gasteiger charge is -2.12. The van der Waals surface area contributed by atoms with Crippen molar-refractivity contribution in [1.82, 2.24) is 10.2 Å². The predicted molar refractivity (Wildman–Crippen MR) is 61.7 cm³/mol. The molecule has 1 rings (SSSR count). The lowest BCUT2D eigenvalue weighted by Crippen LogP contribution is -2.25. The Morgan fingerprint density at radius 1 is 1.44 bits per heavy atom. The maximum absolute atomic E-state index is 11.0. The Morgan fingerprint density at radius 2 is 2.12 bits per heavy atom. The second-order valence-corrected chi connectivity index (χ2v) is 6.11. The van der Waals surface area contributed by atoms with E-state index in [-0.39, 0.29) is 5.75 Å². The molecule has 0 unspecified atom stereocenters. The Bertz CT molecular complexity index is 431. The summed E-state index contributed by atoms with van der Waals surface area (Å²) in [4.78, 5) is 1.60. The highest BCUT2D eigenvalue weighted by molar-refractivity contribution is 7.90. The van der Waals surface area contributed by atoms with Gasteiger partial charge in [-0.25, -0.2) is 8.42 Å². The number of rotatable bonds is 6. The van der Waals surface area contributed by atoms with Crippen molar-refractivity contribution < 1.29 is 12.8 Å². The van der Waals surface area contributed by atoms with Gasteiger partial charge in [-0.3, -0.25) is 0 Å². The van der Waals surface area contributed by atoms with E-state index in [0.29, 0.717) is 30.8 Å². The summed E-state index contributed by atoms with van der Waals surface area (Å²) in [6.45, 7) is 0.321. The topological polar surface area (TPSA) is 76.3 Å². The van der Waals surface area contributed by atoms with E-state index in [1.165, 1.54) is 6.26 Å². The molecule has 0 aromatic carbocycles. The van der Waals surface area contributed by atoms with Crippen LogP contribution in [0.1, 0.15) is 5.89 Å². The normalized spacial score (nSPS) is 11.7. The van der Waals surface area contributed by atoms with Crippen molar-refractivity contribution in [3.8, 4) is 0 Å². The quantitative estimate of drug-likeness (QED) is 0.692. The van der Waals surface area contributed by atoms with Gasteiger partial charge in [0.15, 0.2) is 0 Å². The largest absolute Gasteiger partial charge is 0.408 e. The van der Waals surface area contributed by atoms with Crippen LogP contribution < -0.4 is 4.90 Å². The van der Waals surface area contributed by atoms with Crippen molar-refractivity contribution in [2.24, 2.45) is 0 Å². The second kappa shape index (κ2) is 5.49. The fraction of sp³-hybridized carbons (Fsp3) is 0.750. The molecule has 0 aliphatic rings. The van der Waals surface area contributed by atoms with Gasteiger partial charge in [-0.15, -0.1) is 16.7 Å². The molecule has 0 spiro atoms. The van der Waals surface area contributed by atoms with E-state index < -0.39 is 9.84 Å². The number of sulfone groups is 1. The molecular weight excluding hydrogens is 254 g/mol. The van der Waals surface area contributed by atoms with Crippen LogP contribution in [0, 0.1) is 0 Å². The van der Waals surface area contributed by atoms with Gasteiger partial charge in [-0.2, -0.15) is 0 Å². The van der Waals surface area contributed by atoms with Gasteiger partial charge in [0.2, 0.25) is 5.89 Å². The molecule has 8 heteroatoms. The fourth-order valence-corrected chi connectivity index (χ4v) is 1.75. The third-order valence-electron chi connectivity index (χ3n) is 1.89. The molecule has 0 radical (unpaired) electrons. The molecule has 16 heavy (non-hydrogen) atoms. The molecule has 0 atom stereocenters. The summed E-state index contributed by atoms with van der Waals surface area (Å²) in [5.74, 6) is 0.919. The zero-order valence-corrected chi connectivity index (χ0v) is 10.8. The van der Waals surface area contributed by atoms with E-state index in [2.05, 4.69) is 10.2 Å². The molecule has 0 bridgehead atoms. The molecule has 0 N–H and O–H groups in total. The minimum absolute atomic E-state index is 0.0523. The highest BCUT2D eigenvalue weighted by Crippen LogP contribution is 2.10. The first-order chi connectivity index (χ1) is 7.42. The molecule has 92 valence electrons. The van der Waals surface area contributed by atoms with Gasteiger partial charge < -0.3 is 9.32 Å². The Morgan fingerprint density at radius 3 is 2.69 bits per heavy atom. The maximum Gasteiger partial charge on any atom is 0.317 e. The van der Waals surface area contributed by atoms with Crippen LogP contribution in [0.25, 0.3) is 0 Å². The van der Waals surface area contributed by atoms with Crippen molar-refractivity contribution in [2.45, 2.75) is 6.42 Å². The molecule has 0 aliphatic heterocycles. The van der Waals surface area contributed by atoms with Crippen LogP contribution in [0.15, 0.2) is 4.42 Å². The molecule has 0 fully saturated rings. The Labute approximate surface area is 99.5 Å². The summed E-state index contributed by atoms with van der Waals surface area (Å²) in [7, 11) is -1.29. The number of anilines is 1. The zero-order chi connectivity index (χ0) is 12.2. The van der Waals surface area contributed by atoms with Gasteiger partial charge in [0.1, 0.15) is 9.84 Å². The number of nitrogens with zero attached hydrogens (tertiary/aromatic N) is 3. The molecule has 1 heterocycles. The van der Waals surface area contributed by atoms with Gasteiger partial charge in [0.25, 0.3) is 0 Å². The number of hydrogen-bond acceptors (Lipinski definition) is 6. The third-order valence-corrected chi connectivity index (χ3v) is 3.00. The molecular formula is C8H14ClN3O3S. The summed E-state index contributed by atoms with van der Waals surface area (Å²) in [5, 5.41) is 7.57. The molecule has 1 aromatic rings. The first-order valence-corrected chi connectivity index (χ1v) is 7.29. The number of aromatic nitrogens is 2. The Balaban J connectivity index is 2.55.